The highest BCUT2D eigenvalue weighted by molar-refractivity contribution is 5.74. The van der Waals surface area contributed by atoms with Crippen LogP contribution in [0.5, 0.6) is 5.75 Å². The second-order valence-corrected chi connectivity index (χ2v) is 3.43. The van der Waals surface area contributed by atoms with E-state index in [-0.39, 0.29) is 6.17 Å². The zero-order valence-corrected chi connectivity index (χ0v) is 9.10. The van der Waals surface area contributed by atoms with Crippen molar-refractivity contribution < 1.29 is 9.57 Å². The molecule has 1 heterocycles. The minimum absolute atomic E-state index is 0.0455. The van der Waals surface area contributed by atoms with E-state index in [2.05, 4.69) is 4.99 Å². The van der Waals surface area contributed by atoms with Gasteiger partial charge in [-0.1, -0.05) is 12.1 Å². The van der Waals surface area contributed by atoms with Gasteiger partial charge >= 0.3 is 0 Å². The zero-order chi connectivity index (χ0) is 10.8. The highest BCUT2D eigenvalue weighted by Crippen LogP contribution is 2.27. The fourth-order valence-electron chi connectivity index (χ4n) is 1.60. The number of hydroxylamine groups is 2. The van der Waals surface area contributed by atoms with E-state index in [4.69, 9.17) is 9.57 Å². The van der Waals surface area contributed by atoms with Gasteiger partial charge in [0.05, 0.1) is 7.11 Å². The SMILES string of the molecule is COc1ccc(C2N=C(C)ON2C)cc1. The molecule has 0 radical (unpaired) electrons. The van der Waals surface area contributed by atoms with Gasteiger partial charge in [-0.05, 0) is 17.7 Å². The number of ether oxygens (including phenoxy) is 1. The Balaban J connectivity index is 2.22. The summed E-state index contributed by atoms with van der Waals surface area (Å²) in [6, 6.07) is 7.83. The average molecular weight is 206 g/mol. The molecule has 0 bridgehead atoms. The zero-order valence-electron chi connectivity index (χ0n) is 9.10. The Kier molecular flexibility index (Phi) is 2.60. The van der Waals surface area contributed by atoms with Gasteiger partial charge in [0.15, 0.2) is 6.17 Å². The van der Waals surface area contributed by atoms with Gasteiger partial charge in [0.25, 0.3) is 0 Å². The largest absolute Gasteiger partial charge is 0.497 e. The molecule has 1 aliphatic heterocycles. The molecule has 15 heavy (non-hydrogen) atoms. The Morgan fingerprint density at radius 1 is 1.33 bits per heavy atom. The van der Waals surface area contributed by atoms with Crippen molar-refractivity contribution >= 4 is 5.90 Å². The third-order valence-corrected chi connectivity index (χ3v) is 2.34. The molecule has 0 amide bonds. The molecule has 80 valence electrons. The maximum atomic E-state index is 5.34. The lowest BCUT2D eigenvalue weighted by Gasteiger charge is -2.16. The van der Waals surface area contributed by atoms with E-state index < -0.39 is 0 Å². The summed E-state index contributed by atoms with van der Waals surface area (Å²) < 4.78 is 5.10. The lowest BCUT2D eigenvalue weighted by molar-refractivity contribution is -0.0583. The summed E-state index contributed by atoms with van der Waals surface area (Å²) >= 11 is 0. The number of rotatable bonds is 2. The van der Waals surface area contributed by atoms with Crippen molar-refractivity contribution in [2.45, 2.75) is 13.1 Å². The molecular weight excluding hydrogens is 192 g/mol. The molecule has 0 saturated carbocycles. The van der Waals surface area contributed by atoms with Gasteiger partial charge in [0.2, 0.25) is 5.90 Å². The monoisotopic (exact) mass is 206 g/mol. The van der Waals surface area contributed by atoms with Crippen LogP contribution in [0.3, 0.4) is 0 Å². The summed E-state index contributed by atoms with van der Waals surface area (Å²) in [5.74, 6) is 1.54. The quantitative estimate of drug-likeness (QED) is 0.742. The molecule has 2 rings (SSSR count). The molecule has 0 fully saturated rings. The van der Waals surface area contributed by atoms with E-state index in [1.165, 1.54) is 0 Å². The molecule has 4 heteroatoms. The van der Waals surface area contributed by atoms with Crippen LogP contribution in [-0.2, 0) is 4.84 Å². The first-order valence-electron chi connectivity index (χ1n) is 4.80. The van der Waals surface area contributed by atoms with Crippen molar-refractivity contribution in [3.8, 4) is 5.75 Å². The normalized spacial score (nSPS) is 21.0. The minimum atomic E-state index is -0.0455. The summed E-state index contributed by atoms with van der Waals surface area (Å²) in [5.41, 5.74) is 1.09. The molecule has 0 spiro atoms. The van der Waals surface area contributed by atoms with E-state index in [0.717, 1.165) is 11.3 Å². The Morgan fingerprint density at radius 3 is 2.47 bits per heavy atom. The van der Waals surface area contributed by atoms with E-state index >= 15 is 0 Å². The Morgan fingerprint density at radius 2 is 2.00 bits per heavy atom. The van der Waals surface area contributed by atoms with Gasteiger partial charge in [-0.3, -0.25) is 0 Å². The van der Waals surface area contributed by atoms with Gasteiger partial charge in [0.1, 0.15) is 5.75 Å². The second kappa shape index (κ2) is 3.90. The van der Waals surface area contributed by atoms with E-state index in [0.29, 0.717) is 5.90 Å². The fraction of sp³-hybridized carbons (Fsp3) is 0.364. The maximum Gasteiger partial charge on any atom is 0.208 e. The molecular formula is C11H14N2O2. The average Bonchev–Trinajstić information content (AvgIpc) is 2.58. The number of benzene rings is 1. The summed E-state index contributed by atoms with van der Waals surface area (Å²) in [5, 5.41) is 1.73. The van der Waals surface area contributed by atoms with Crippen molar-refractivity contribution in [1.82, 2.24) is 5.06 Å². The van der Waals surface area contributed by atoms with Crippen molar-refractivity contribution in [3.05, 3.63) is 29.8 Å². The number of nitrogens with zero attached hydrogens (tertiary/aromatic N) is 2. The molecule has 0 N–H and O–H groups in total. The Labute approximate surface area is 89.1 Å². The van der Waals surface area contributed by atoms with Gasteiger partial charge in [-0.2, -0.15) is 0 Å². The van der Waals surface area contributed by atoms with Crippen LogP contribution < -0.4 is 4.74 Å². The third kappa shape index (κ3) is 1.94. The first kappa shape index (κ1) is 9.98. The van der Waals surface area contributed by atoms with Crippen LogP contribution in [-0.4, -0.2) is 25.1 Å². The summed E-state index contributed by atoms with van der Waals surface area (Å²) in [4.78, 5) is 9.71. The van der Waals surface area contributed by atoms with Crippen LogP contribution in [0.25, 0.3) is 0 Å². The van der Waals surface area contributed by atoms with Gasteiger partial charge in [-0.25, -0.2) is 4.99 Å². The molecule has 1 aromatic rings. The van der Waals surface area contributed by atoms with E-state index in [1.54, 1.807) is 12.2 Å². The number of methoxy groups -OCH3 is 1. The molecule has 1 aliphatic rings. The number of aliphatic imine (C=N–C) groups is 1. The van der Waals surface area contributed by atoms with Crippen molar-refractivity contribution in [1.29, 1.82) is 0 Å². The smallest absolute Gasteiger partial charge is 0.208 e. The van der Waals surface area contributed by atoms with Gasteiger partial charge in [0, 0.05) is 14.0 Å². The van der Waals surface area contributed by atoms with Crippen LogP contribution in [0.1, 0.15) is 18.7 Å². The van der Waals surface area contributed by atoms with E-state index in [9.17, 15) is 0 Å². The van der Waals surface area contributed by atoms with Gasteiger partial charge < -0.3 is 9.57 Å². The highest BCUT2D eigenvalue weighted by Gasteiger charge is 2.24. The molecule has 0 aromatic heterocycles. The summed E-state index contributed by atoms with van der Waals surface area (Å²) in [7, 11) is 3.52. The van der Waals surface area contributed by atoms with Crippen molar-refractivity contribution in [3.63, 3.8) is 0 Å². The molecule has 1 atom stereocenters. The predicted molar refractivity (Wildman–Crippen MR) is 57.7 cm³/mol. The van der Waals surface area contributed by atoms with Gasteiger partial charge in [-0.15, -0.1) is 5.06 Å². The van der Waals surface area contributed by atoms with Crippen LogP contribution >= 0.6 is 0 Å². The van der Waals surface area contributed by atoms with E-state index in [1.807, 2.05) is 38.2 Å². The molecule has 4 nitrogen and oxygen atoms in total. The third-order valence-electron chi connectivity index (χ3n) is 2.34. The predicted octanol–water partition coefficient (Wildman–Crippen LogP) is 1.99. The molecule has 0 saturated heterocycles. The molecule has 1 unspecified atom stereocenters. The van der Waals surface area contributed by atoms with Crippen LogP contribution in [0, 0.1) is 0 Å². The summed E-state index contributed by atoms with van der Waals surface area (Å²) in [6.45, 7) is 1.85. The first-order valence-corrected chi connectivity index (χ1v) is 4.80. The standard InChI is InChI=1S/C11H14N2O2/c1-8-12-11(13(2)15-8)9-4-6-10(14-3)7-5-9/h4-7,11H,1-3H3. The Hall–Kier alpha value is -1.55. The summed E-state index contributed by atoms with van der Waals surface area (Å²) in [6.07, 6.45) is -0.0455. The lowest BCUT2D eigenvalue weighted by Crippen LogP contribution is -2.17. The highest BCUT2D eigenvalue weighted by atomic mass is 16.7. The number of hydrogen-bond donors (Lipinski definition) is 0. The van der Waals surface area contributed by atoms with Crippen LogP contribution in [0.4, 0.5) is 0 Å². The minimum Gasteiger partial charge on any atom is -0.497 e. The van der Waals surface area contributed by atoms with Crippen molar-refractivity contribution in [2.75, 3.05) is 14.2 Å². The number of hydrogen-bond acceptors (Lipinski definition) is 4. The second-order valence-electron chi connectivity index (χ2n) is 3.43. The molecule has 0 aliphatic carbocycles. The van der Waals surface area contributed by atoms with Crippen LogP contribution in [0.15, 0.2) is 29.3 Å². The topological polar surface area (TPSA) is 34.1 Å². The maximum absolute atomic E-state index is 5.34. The van der Waals surface area contributed by atoms with Crippen LogP contribution in [0.2, 0.25) is 0 Å². The Bertz CT molecular complexity index is 373. The molecule has 1 aromatic carbocycles. The first-order chi connectivity index (χ1) is 7.20. The van der Waals surface area contributed by atoms with Crippen molar-refractivity contribution in [2.24, 2.45) is 4.99 Å². The fourth-order valence-corrected chi connectivity index (χ4v) is 1.60. The lowest BCUT2D eigenvalue weighted by atomic mass is 10.1.